The second-order valence-electron chi connectivity index (χ2n) is 28.1. The molecule has 0 bridgehead atoms. The van der Waals surface area contributed by atoms with E-state index in [2.05, 4.69) is 52.2 Å². The van der Waals surface area contributed by atoms with Crippen LogP contribution in [0.1, 0.15) is 143 Å². The van der Waals surface area contributed by atoms with E-state index in [1.165, 1.54) is 49.3 Å². The van der Waals surface area contributed by atoms with Gasteiger partial charge in [0.15, 0.2) is 17.5 Å². The molecule has 0 radical (unpaired) electrons. The molecule has 0 saturated carbocycles. The number of pyridine rings is 3. The van der Waals surface area contributed by atoms with Crippen LogP contribution < -0.4 is 44.7 Å². The number of alkyl halides is 1. The van der Waals surface area contributed by atoms with Gasteiger partial charge in [-0.2, -0.15) is 0 Å². The van der Waals surface area contributed by atoms with Crippen molar-refractivity contribution in [2.75, 3.05) is 43.5 Å². The van der Waals surface area contributed by atoms with Crippen LogP contribution >= 0.6 is 108 Å². The molecule has 0 saturated heterocycles. The summed E-state index contributed by atoms with van der Waals surface area (Å²) in [7, 11) is -10.1. The summed E-state index contributed by atoms with van der Waals surface area (Å²) in [5.41, 5.74) is 5.18. The molecule has 8 aromatic carbocycles. The maximum absolute atomic E-state index is 15.6. The number of fused-ring (bicyclic) bond motifs is 3. The Bertz CT molecular complexity index is 7110. The van der Waals surface area contributed by atoms with Gasteiger partial charge in [-0.05, 0) is 164 Å². The summed E-state index contributed by atoms with van der Waals surface area (Å²) in [6, 6.07) is 39.8. The molecule has 133 heavy (non-hydrogen) atoms. The minimum atomic E-state index is -3.96. The fourth-order valence-corrected chi connectivity index (χ4v) is 17.7. The molecule has 0 aliphatic rings. The number of nitrogens with two attached hydrogens (primary N) is 1. The number of aromatic nitrogens is 6. The Morgan fingerprint density at radius 3 is 1.07 bits per heavy atom. The maximum atomic E-state index is 15.6. The number of anilines is 3. The van der Waals surface area contributed by atoms with E-state index in [4.69, 9.17) is 97.6 Å². The molecular formula is C90H77BrCl8F6N9NaO14S4. The normalized spacial score (nSPS) is 11.2. The van der Waals surface area contributed by atoms with Crippen LogP contribution in [0.5, 0.6) is 0 Å². The first kappa shape index (κ1) is 111. The number of hydrogen-bond donors (Lipinski definition) is 4. The standard InChI is InChI=1S/C30H20Cl3F2N3O4S.C27H14Cl3F2N3O2.C23H18ClF2N3O3S.C3H7Br.C3H7ClO2S.C3H8O3S.CH4.Na/c1-2-12-43(41,42)37-24-11-10-23(34)26(27(24)35)28(39)20-15-38(30(40)25-21(32)4-3-5-22(25)33)29-19(20)13-17(14-36-29)16-6-8-18(31)9-7-16;28-15-6-4-13(5-7-15)14-10-16-17(25(36)23-20(31)8-9-21(33)24(23)32)12-35(26(16)34-11-14)27(37)22-18(29)2-1-3-19(22)30;1-2-9-33(31,32)29-19-8-7-18(25)20(21(19)26)22(30)17-12-28-23-16(17)10-14(11-27-23)13-3-5-15(24)6-4-13;1-2-3-4;2*1-2-3-7(4,5)6;;/h3-11,13-15,37H,2,12H2,1H3;1-12H,33H2;3-8,10-12,29H,2,9H2,1H3,(H,27,28);2-3H2,1H3;2-3H2,1H3;2-3H2,1H3,(H,4,5,6);1H4;/q;;;;;;;+1/p-1. The number of benzene rings is 8. The number of nitrogens with zero attached hydrogens (tertiary/aromatic N) is 5. The maximum Gasteiger partial charge on any atom is 1.00 e. The van der Waals surface area contributed by atoms with Crippen molar-refractivity contribution in [2.45, 2.75) is 74.1 Å². The summed E-state index contributed by atoms with van der Waals surface area (Å²) < 4.78 is 194. The van der Waals surface area contributed by atoms with Gasteiger partial charge in [-0.25, -0.2) is 75.0 Å². The van der Waals surface area contributed by atoms with E-state index in [0.717, 1.165) is 68.8 Å². The van der Waals surface area contributed by atoms with Crippen LogP contribution in [-0.2, 0) is 39.2 Å². The smallest absolute Gasteiger partial charge is 0.748 e. The first-order valence-electron chi connectivity index (χ1n) is 38.8. The van der Waals surface area contributed by atoms with Gasteiger partial charge < -0.3 is 15.3 Å². The molecule has 0 aliphatic heterocycles. The van der Waals surface area contributed by atoms with Gasteiger partial charge in [0.05, 0.1) is 103 Å². The number of rotatable bonds is 24. The number of halogens is 15. The van der Waals surface area contributed by atoms with E-state index in [0.29, 0.717) is 73.2 Å². The van der Waals surface area contributed by atoms with Crippen molar-refractivity contribution in [3.05, 3.63) is 316 Å². The number of carbonyl (C=O) groups excluding carboxylic acids is 5. The summed E-state index contributed by atoms with van der Waals surface area (Å²) in [6.07, 6.45) is 10.9. The summed E-state index contributed by atoms with van der Waals surface area (Å²) in [4.78, 5) is 83.7. The van der Waals surface area contributed by atoms with Crippen molar-refractivity contribution in [1.82, 2.24) is 29.1 Å². The third kappa shape index (κ3) is 28.5. The summed E-state index contributed by atoms with van der Waals surface area (Å²) in [6.45, 7) is 8.82. The third-order valence-electron chi connectivity index (χ3n) is 18.4. The van der Waals surface area contributed by atoms with Crippen molar-refractivity contribution in [2.24, 2.45) is 0 Å². The molecule has 0 unspecified atom stereocenters. The molecule has 0 atom stereocenters. The Labute approximate surface area is 832 Å². The van der Waals surface area contributed by atoms with Gasteiger partial charge in [0.2, 0.25) is 46.4 Å². The number of nitrogen functional groups attached to an aromatic ring is 1. The quantitative estimate of drug-likeness (QED) is 0.00830. The molecule has 6 heterocycles. The predicted molar refractivity (Wildman–Crippen MR) is 514 cm³/mol. The summed E-state index contributed by atoms with van der Waals surface area (Å²) >= 11 is 46.2. The molecule has 696 valence electrons. The van der Waals surface area contributed by atoms with Crippen LogP contribution in [0.3, 0.4) is 0 Å². The van der Waals surface area contributed by atoms with Crippen LogP contribution in [0.4, 0.5) is 43.4 Å². The molecule has 23 nitrogen and oxygen atoms in total. The van der Waals surface area contributed by atoms with Crippen LogP contribution in [0.15, 0.2) is 201 Å². The molecule has 14 rings (SSSR count). The average Bonchev–Trinajstić information content (AvgIpc) is 1.61. The predicted octanol–water partition coefficient (Wildman–Crippen LogP) is 21.3. The molecule has 0 spiro atoms. The SMILES string of the molecule is C.CCCBr.CCCS(=O)(=O)Cl.CCCS(=O)(=O)Nc1ccc(F)c(C(=O)c2c[nH]c3ncc(-c4ccc(Cl)cc4)cc23)c1F.CCCS(=O)(=O)Nc1ccc(F)c(C(=O)c2cn(C(=O)c3c(Cl)cccc3Cl)c3ncc(-c4ccc(Cl)cc4)cc23)c1F.CCCS(=O)(=O)[O-].Nc1ccc(F)c(C(=O)c2cn(C(=O)c3c(Cl)cccc3Cl)c3ncc(-c4ccc(Cl)cc4)cc23)c1F.[Na+]. The molecule has 43 heteroatoms. The molecule has 14 aromatic rings. The molecule has 0 amide bonds. The van der Waals surface area contributed by atoms with E-state index >= 15 is 13.2 Å². The van der Waals surface area contributed by atoms with Crippen molar-refractivity contribution < 1.29 is 118 Å². The number of H-pyrrole nitrogens is 1. The molecular weight excluding hydrogens is 2060 g/mol. The van der Waals surface area contributed by atoms with Crippen molar-refractivity contribution in [1.29, 1.82) is 0 Å². The van der Waals surface area contributed by atoms with Crippen molar-refractivity contribution in [3.8, 4) is 33.4 Å². The number of nitrogens with one attached hydrogen (secondary N) is 3. The van der Waals surface area contributed by atoms with Crippen LogP contribution in [-0.4, -0.2) is 125 Å². The average molecular weight is 2140 g/mol. The summed E-state index contributed by atoms with van der Waals surface area (Å²) in [5.74, 6) is -12.6. The number of ketones is 3. The largest absolute Gasteiger partial charge is 1.00 e. The monoisotopic (exact) mass is 2130 g/mol. The minimum Gasteiger partial charge on any atom is -0.748 e. The van der Waals surface area contributed by atoms with Gasteiger partial charge in [-0.1, -0.05) is 188 Å². The van der Waals surface area contributed by atoms with Gasteiger partial charge in [0.1, 0.15) is 34.4 Å². The van der Waals surface area contributed by atoms with Crippen molar-refractivity contribution >= 4 is 226 Å². The Balaban J connectivity index is 0.000000248. The van der Waals surface area contributed by atoms with Crippen LogP contribution in [0, 0.1) is 34.9 Å². The van der Waals surface area contributed by atoms with Crippen LogP contribution in [0.2, 0.25) is 35.2 Å². The number of hydrogen-bond acceptors (Lipinski definition) is 18. The zero-order valence-corrected chi connectivity index (χ0v) is 82.9. The zero-order valence-electron chi connectivity index (χ0n) is 70.0. The topological polar surface area (TPSA) is 359 Å². The molecule has 6 aromatic heterocycles. The van der Waals surface area contributed by atoms with Gasteiger partial charge in [-0.15, -0.1) is 0 Å². The zero-order chi connectivity index (χ0) is 96.5. The number of carbonyl (C=O) groups is 5. The third-order valence-corrected chi connectivity index (χ3v) is 26.5. The van der Waals surface area contributed by atoms with Gasteiger partial charge in [0, 0.05) is 112 Å². The van der Waals surface area contributed by atoms with E-state index < -0.39 is 137 Å². The van der Waals surface area contributed by atoms with E-state index in [1.54, 1.807) is 137 Å². The second-order valence-corrected chi connectivity index (χ2v) is 39.9. The first-order valence-corrected chi connectivity index (χ1v) is 50.0. The Hall–Kier alpha value is -9.28. The molecule has 0 fully saturated rings. The van der Waals surface area contributed by atoms with Gasteiger partial charge >= 0.3 is 29.6 Å². The second kappa shape index (κ2) is 49.0. The Kier molecular flexibility index (Phi) is 40.8. The fourth-order valence-electron chi connectivity index (χ4n) is 12.5. The first-order chi connectivity index (χ1) is 61.8. The van der Waals surface area contributed by atoms with E-state index in [-0.39, 0.29) is 136 Å². The Morgan fingerprint density at radius 2 is 0.752 bits per heavy atom. The van der Waals surface area contributed by atoms with Gasteiger partial charge in [-0.3, -0.25) is 42.6 Å². The van der Waals surface area contributed by atoms with E-state index in [1.807, 2.05) is 0 Å². The molecule has 5 N–H and O–H groups in total. The Morgan fingerprint density at radius 1 is 0.429 bits per heavy atom. The van der Waals surface area contributed by atoms with Crippen LogP contribution in [0.25, 0.3) is 66.5 Å². The van der Waals surface area contributed by atoms with Crippen molar-refractivity contribution in [3.63, 3.8) is 0 Å². The fraction of sp³-hybridized carbons (Fsp3) is 0.178. The van der Waals surface area contributed by atoms with E-state index in [9.17, 15) is 75.4 Å². The molecule has 0 aliphatic carbocycles. The number of sulfonamides is 2. The minimum absolute atomic E-state index is 0. The summed E-state index contributed by atoms with van der Waals surface area (Å²) in [5, 5.41) is 3.57. The van der Waals surface area contributed by atoms with Gasteiger partial charge in [0.25, 0.3) is 11.8 Å². The number of aromatic amines is 1.